The van der Waals surface area contributed by atoms with Crippen LogP contribution in [0.4, 0.5) is 0 Å². The predicted octanol–water partition coefficient (Wildman–Crippen LogP) is 5.51. The molecule has 0 unspecified atom stereocenters. The molecule has 0 aliphatic carbocycles. The van der Waals surface area contributed by atoms with Crippen molar-refractivity contribution in [3.05, 3.63) is 52.6 Å². The van der Waals surface area contributed by atoms with Gasteiger partial charge < -0.3 is 10.8 Å². The first-order chi connectivity index (χ1) is 11.4. The van der Waals surface area contributed by atoms with Gasteiger partial charge in [-0.3, -0.25) is 0 Å². The molecule has 2 heteroatoms. The second kappa shape index (κ2) is 7.85. The van der Waals surface area contributed by atoms with Crippen molar-refractivity contribution in [1.29, 1.82) is 0 Å². The first-order valence-corrected chi connectivity index (χ1v) is 9.02. The van der Waals surface area contributed by atoms with E-state index in [0.717, 1.165) is 18.4 Å². The molecule has 0 aliphatic rings. The van der Waals surface area contributed by atoms with Gasteiger partial charge in [0.2, 0.25) is 0 Å². The zero-order valence-electron chi connectivity index (χ0n) is 15.7. The Morgan fingerprint density at radius 1 is 1.00 bits per heavy atom. The summed E-state index contributed by atoms with van der Waals surface area (Å²) in [7, 11) is 0. The number of aromatic hydroxyl groups is 1. The number of benzene rings is 2. The van der Waals surface area contributed by atoms with Crippen LogP contribution in [0.5, 0.6) is 5.75 Å². The van der Waals surface area contributed by atoms with E-state index in [0.29, 0.717) is 24.1 Å². The summed E-state index contributed by atoms with van der Waals surface area (Å²) in [5, 5.41) is 10.5. The number of phenols is 1. The van der Waals surface area contributed by atoms with Gasteiger partial charge in [0.05, 0.1) is 0 Å². The van der Waals surface area contributed by atoms with E-state index in [1.54, 1.807) is 0 Å². The Morgan fingerprint density at radius 3 is 2.29 bits per heavy atom. The van der Waals surface area contributed by atoms with Crippen LogP contribution < -0.4 is 5.73 Å². The summed E-state index contributed by atoms with van der Waals surface area (Å²) in [6, 6.07) is 10.4. The van der Waals surface area contributed by atoms with Crippen molar-refractivity contribution in [3.8, 4) is 16.9 Å². The molecule has 0 amide bonds. The van der Waals surface area contributed by atoms with Crippen LogP contribution in [0, 0.1) is 6.92 Å². The highest BCUT2D eigenvalue weighted by Crippen LogP contribution is 2.42. The van der Waals surface area contributed by atoms with Gasteiger partial charge in [-0.05, 0) is 72.5 Å². The summed E-state index contributed by atoms with van der Waals surface area (Å²) in [5.41, 5.74) is 13.1. The molecule has 0 fully saturated rings. The average Bonchev–Trinajstić information content (AvgIpc) is 2.53. The second-order valence-electron chi connectivity index (χ2n) is 7.32. The van der Waals surface area contributed by atoms with Crippen molar-refractivity contribution >= 4 is 0 Å². The van der Waals surface area contributed by atoms with Crippen molar-refractivity contribution < 1.29 is 5.11 Å². The summed E-state index contributed by atoms with van der Waals surface area (Å²) in [6.07, 6.45) is 1.97. The molecular weight excluding hydrogens is 294 g/mol. The lowest BCUT2D eigenvalue weighted by Crippen LogP contribution is -2.07. The molecule has 0 aromatic heterocycles. The second-order valence-corrected chi connectivity index (χ2v) is 7.32. The third-order valence-corrected chi connectivity index (χ3v) is 4.64. The molecule has 0 bridgehead atoms. The van der Waals surface area contributed by atoms with Crippen LogP contribution in [0.15, 0.2) is 30.3 Å². The maximum absolute atomic E-state index is 10.5. The van der Waals surface area contributed by atoms with Crippen LogP contribution in [0.2, 0.25) is 0 Å². The third-order valence-electron chi connectivity index (χ3n) is 4.64. The van der Waals surface area contributed by atoms with E-state index in [1.165, 1.54) is 27.8 Å². The highest BCUT2D eigenvalue weighted by atomic mass is 16.3. The van der Waals surface area contributed by atoms with Crippen molar-refractivity contribution in [2.45, 2.75) is 59.3 Å². The van der Waals surface area contributed by atoms with Gasteiger partial charge in [0.25, 0.3) is 0 Å². The first kappa shape index (κ1) is 18.5. The number of hydrogen-bond donors (Lipinski definition) is 2. The minimum atomic E-state index is 0.361. The first-order valence-electron chi connectivity index (χ1n) is 9.02. The summed E-state index contributed by atoms with van der Waals surface area (Å²) < 4.78 is 0. The summed E-state index contributed by atoms with van der Waals surface area (Å²) in [6.45, 7) is 11.7. The Balaban J connectivity index is 2.80. The Kier molecular flexibility index (Phi) is 6.06. The zero-order chi connectivity index (χ0) is 17.9. The molecule has 2 nitrogen and oxygen atoms in total. The molecule has 0 heterocycles. The van der Waals surface area contributed by atoms with E-state index in [1.807, 2.05) is 12.1 Å². The van der Waals surface area contributed by atoms with Gasteiger partial charge in [0, 0.05) is 5.56 Å². The number of phenolic OH excluding ortho intramolecular Hbond substituents is 1. The Labute approximate surface area is 146 Å². The fourth-order valence-electron chi connectivity index (χ4n) is 3.48. The molecule has 24 heavy (non-hydrogen) atoms. The van der Waals surface area contributed by atoms with Gasteiger partial charge >= 0.3 is 0 Å². The molecule has 0 atom stereocenters. The molecule has 2 aromatic carbocycles. The van der Waals surface area contributed by atoms with Crippen LogP contribution in [0.25, 0.3) is 11.1 Å². The SMILES string of the molecule is Cc1ccc(O)c(-c2c(C(C)C)ccc(CCCN)c2C(C)C)c1. The smallest absolute Gasteiger partial charge is 0.123 e. The highest BCUT2D eigenvalue weighted by molar-refractivity contribution is 5.78. The van der Waals surface area contributed by atoms with Gasteiger partial charge in [-0.2, -0.15) is 0 Å². The number of nitrogens with two attached hydrogens (primary N) is 1. The summed E-state index contributed by atoms with van der Waals surface area (Å²) in [4.78, 5) is 0. The van der Waals surface area contributed by atoms with Crippen LogP contribution >= 0.6 is 0 Å². The lowest BCUT2D eigenvalue weighted by atomic mass is 9.81. The molecule has 2 rings (SSSR count). The van der Waals surface area contributed by atoms with Crippen molar-refractivity contribution in [2.75, 3.05) is 6.54 Å². The minimum absolute atomic E-state index is 0.361. The molecule has 0 radical (unpaired) electrons. The largest absolute Gasteiger partial charge is 0.507 e. The van der Waals surface area contributed by atoms with Gasteiger partial charge in [0.1, 0.15) is 5.75 Å². The monoisotopic (exact) mass is 325 g/mol. The van der Waals surface area contributed by atoms with Gasteiger partial charge in [0.15, 0.2) is 0 Å². The van der Waals surface area contributed by atoms with Gasteiger partial charge in [-0.25, -0.2) is 0 Å². The quantitative estimate of drug-likeness (QED) is 0.736. The molecule has 3 N–H and O–H groups in total. The third kappa shape index (κ3) is 3.81. The van der Waals surface area contributed by atoms with Crippen LogP contribution in [0.3, 0.4) is 0 Å². The van der Waals surface area contributed by atoms with Crippen molar-refractivity contribution in [1.82, 2.24) is 0 Å². The Hall–Kier alpha value is -1.80. The van der Waals surface area contributed by atoms with Crippen LogP contribution in [-0.2, 0) is 6.42 Å². The fourth-order valence-corrected chi connectivity index (χ4v) is 3.48. The normalized spacial score (nSPS) is 11.5. The summed E-state index contributed by atoms with van der Waals surface area (Å²) in [5.74, 6) is 1.16. The van der Waals surface area contributed by atoms with E-state index in [9.17, 15) is 5.11 Å². The lowest BCUT2D eigenvalue weighted by Gasteiger charge is -2.24. The predicted molar refractivity (Wildman–Crippen MR) is 104 cm³/mol. The van der Waals surface area contributed by atoms with Gasteiger partial charge in [-0.15, -0.1) is 0 Å². The zero-order valence-corrected chi connectivity index (χ0v) is 15.7. The van der Waals surface area contributed by atoms with E-state index >= 15 is 0 Å². The average molecular weight is 325 g/mol. The van der Waals surface area contributed by atoms with E-state index in [4.69, 9.17) is 5.73 Å². The molecule has 0 aliphatic heterocycles. The molecule has 0 spiro atoms. The van der Waals surface area contributed by atoms with E-state index in [2.05, 4.69) is 52.8 Å². The molecule has 0 saturated heterocycles. The van der Waals surface area contributed by atoms with Crippen molar-refractivity contribution in [3.63, 3.8) is 0 Å². The molecule has 130 valence electrons. The fraction of sp³-hybridized carbons (Fsp3) is 0.455. The van der Waals surface area contributed by atoms with E-state index in [-0.39, 0.29) is 0 Å². The topological polar surface area (TPSA) is 46.2 Å². The summed E-state index contributed by atoms with van der Waals surface area (Å²) >= 11 is 0. The standard InChI is InChI=1S/C22H31NO/c1-14(2)18-10-9-17(7-6-12-23)21(15(3)4)22(18)19-13-16(5)8-11-20(19)24/h8-11,13-15,24H,6-7,12,23H2,1-5H3. The van der Waals surface area contributed by atoms with Gasteiger partial charge in [-0.1, -0.05) is 51.5 Å². The number of aryl methyl sites for hydroxylation is 2. The van der Waals surface area contributed by atoms with Crippen molar-refractivity contribution in [2.24, 2.45) is 5.73 Å². The Bertz CT molecular complexity index is 701. The number of hydrogen-bond acceptors (Lipinski definition) is 2. The maximum atomic E-state index is 10.5. The van der Waals surface area contributed by atoms with Crippen LogP contribution in [-0.4, -0.2) is 11.7 Å². The number of rotatable bonds is 6. The molecule has 0 saturated carbocycles. The molecular formula is C22H31NO. The molecule has 2 aromatic rings. The minimum Gasteiger partial charge on any atom is -0.507 e. The van der Waals surface area contributed by atoms with E-state index < -0.39 is 0 Å². The highest BCUT2D eigenvalue weighted by Gasteiger charge is 2.21. The lowest BCUT2D eigenvalue weighted by molar-refractivity contribution is 0.477. The Morgan fingerprint density at radius 2 is 1.71 bits per heavy atom. The maximum Gasteiger partial charge on any atom is 0.123 e. The van der Waals surface area contributed by atoms with Crippen LogP contribution in [0.1, 0.15) is 68.2 Å².